The van der Waals surface area contributed by atoms with Gasteiger partial charge in [-0.15, -0.1) is 0 Å². The van der Waals surface area contributed by atoms with Crippen molar-refractivity contribution in [2.24, 2.45) is 5.92 Å². The summed E-state index contributed by atoms with van der Waals surface area (Å²) in [6.45, 7) is 1.79. The maximum atomic E-state index is 12.1. The minimum atomic E-state index is -0.374. The number of nitrogens with zero attached hydrogens (tertiary/aromatic N) is 2. The Balaban J connectivity index is 1.28. The van der Waals surface area contributed by atoms with Crippen molar-refractivity contribution in [3.63, 3.8) is 0 Å². The third-order valence-corrected chi connectivity index (χ3v) is 4.70. The van der Waals surface area contributed by atoms with Gasteiger partial charge >= 0.3 is 0 Å². The maximum Gasteiger partial charge on any atom is 0.292 e. The van der Waals surface area contributed by atoms with Gasteiger partial charge in [-0.3, -0.25) is 9.59 Å². The number of ether oxygens (including phenoxy) is 1. The highest BCUT2D eigenvalue weighted by molar-refractivity contribution is 5.92. The summed E-state index contributed by atoms with van der Waals surface area (Å²) < 4.78 is 10.8. The van der Waals surface area contributed by atoms with Crippen LogP contribution >= 0.6 is 0 Å². The van der Waals surface area contributed by atoms with Crippen LogP contribution in [0.15, 0.2) is 16.8 Å². The van der Waals surface area contributed by atoms with E-state index in [4.69, 9.17) is 9.26 Å². The van der Waals surface area contributed by atoms with E-state index in [0.717, 1.165) is 19.4 Å². The van der Waals surface area contributed by atoms with Gasteiger partial charge < -0.3 is 19.5 Å². The summed E-state index contributed by atoms with van der Waals surface area (Å²) in [5, 5.41) is 6.50. The fourth-order valence-electron chi connectivity index (χ4n) is 3.19. The van der Waals surface area contributed by atoms with Crippen LogP contribution in [0.3, 0.4) is 0 Å². The van der Waals surface area contributed by atoms with Crippen molar-refractivity contribution in [1.82, 2.24) is 15.4 Å². The highest BCUT2D eigenvalue weighted by Gasteiger charge is 2.53. The summed E-state index contributed by atoms with van der Waals surface area (Å²) >= 11 is 0. The molecule has 2 aliphatic heterocycles. The van der Waals surface area contributed by atoms with E-state index in [2.05, 4.69) is 10.5 Å². The van der Waals surface area contributed by atoms with Crippen LogP contribution < -0.4 is 5.32 Å². The molecule has 22 heavy (non-hydrogen) atoms. The molecule has 1 aromatic heterocycles. The van der Waals surface area contributed by atoms with Crippen LogP contribution in [-0.2, 0) is 9.53 Å². The molecule has 7 heteroatoms. The second-order valence-electron chi connectivity index (χ2n) is 6.55. The third-order valence-electron chi connectivity index (χ3n) is 4.70. The average Bonchev–Trinajstić information content (AvgIpc) is 2.99. The van der Waals surface area contributed by atoms with E-state index in [-0.39, 0.29) is 29.3 Å². The predicted molar refractivity (Wildman–Crippen MR) is 75.0 cm³/mol. The third kappa shape index (κ3) is 2.49. The molecule has 2 amide bonds. The van der Waals surface area contributed by atoms with Gasteiger partial charge in [-0.1, -0.05) is 5.16 Å². The number of hydrogen-bond donors (Lipinski definition) is 1. The van der Waals surface area contributed by atoms with Gasteiger partial charge in [-0.2, -0.15) is 0 Å². The van der Waals surface area contributed by atoms with Crippen molar-refractivity contribution in [1.29, 1.82) is 0 Å². The lowest BCUT2D eigenvalue weighted by Gasteiger charge is -2.46. The molecular formula is C15H19N3O4. The van der Waals surface area contributed by atoms with E-state index in [1.54, 1.807) is 11.0 Å². The molecule has 2 saturated heterocycles. The Morgan fingerprint density at radius 1 is 1.36 bits per heavy atom. The lowest BCUT2D eigenvalue weighted by atomic mass is 9.90. The summed E-state index contributed by atoms with van der Waals surface area (Å²) in [5.74, 6) is 0.724. The first-order valence-corrected chi connectivity index (χ1v) is 7.81. The molecule has 1 saturated carbocycles. The molecule has 3 fully saturated rings. The number of hydrogen-bond acceptors (Lipinski definition) is 5. The van der Waals surface area contributed by atoms with Crippen LogP contribution in [0.25, 0.3) is 0 Å². The molecule has 3 heterocycles. The van der Waals surface area contributed by atoms with Crippen LogP contribution in [0.2, 0.25) is 0 Å². The van der Waals surface area contributed by atoms with E-state index in [9.17, 15) is 9.59 Å². The van der Waals surface area contributed by atoms with Gasteiger partial charge in [-0.05, 0) is 31.6 Å². The molecule has 1 aliphatic carbocycles. The molecule has 1 atom stereocenters. The van der Waals surface area contributed by atoms with Gasteiger partial charge in [-0.25, -0.2) is 0 Å². The van der Waals surface area contributed by atoms with Crippen molar-refractivity contribution in [2.75, 3.05) is 19.6 Å². The SMILES string of the molecule is O=C(NCC1CC1)[C@H]1CCC2(CN(C(=O)c3ccno3)C2)O1. The summed E-state index contributed by atoms with van der Waals surface area (Å²) in [5.41, 5.74) is -0.350. The van der Waals surface area contributed by atoms with Crippen LogP contribution in [0, 0.1) is 5.92 Å². The highest BCUT2D eigenvalue weighted by atomic mass is 16.5. The van der Waals surface area contributed by atoms with Gasteiger partial charge in [0.15, 0.2) is 0 Å². The lowest BCUT2D eigenvalue weighted by Crippen LogP contribution is -2.63. The van der Waals surface area contributed by atoms with Crippen LogP contribution in [-0.4, -0.2) is 53.2 Å². The molecule has 1 aromatic rings. The van der Waals surface area contributed by atoms with E-state index < -0.39 is 0 Å². The van der Waals surface area contributed by atoms with Gasteiger partial charge in [0.2, 0.25) is 11.7 Å². The molecule has 0 radical (unpaired) electrons. The van der Waals surface area contributed by atoms with Crippen LogP contribution in [0.5, 0.6) is 0 Å². The highest BCUT2D eigenvalue weighted by Crippen LogP contribution is 2.39. The molecule has 118 valence electrons. The zero-order valence-corrected chi connectivity index (χ0v) is 12.3. The maximum absolute atomic E-state index is 12.1. The fraction of sp³-hybridized carbons (Fsp3) is 0.667. The van der Waals surface area contributed by atoms with Crippen molar-refractivity contribution in [3.05, 3.63) is 18.0 Å². The molecule has 0 unspecified atom stereocenters. The first-order chi connectivity index (χ1) is 10.7. The van der Waals surface area contributed by atoms with Gasteiger partial charge in [0.25, 0.3) is 5.91 Å². The zero-order chi connectivity index (χ0) is 15.2. The Hall–Kier alpha value is -1.89. The number of aromatic nitrogens is 1. The van der Waals surface area contributed by atoms with Crippen molar-refractivity contribution in [3.8, 4) is 0 Å². The Labute approximate surface area is 128 Å². The van der Waals surface area contributed by atoms with Crippen molar-refractivity contribution < 1.29 is 18.8 Å². The average molecular weight is 305 g/mol. The van der Waals surface area contributed by atoms with E-state index in [1.807, 2.05) is 0 Å². The fourth-order valence-corrected chi connectivity index (χ4v) is 3.19. The second-order valence-corrected chi connectivity index (χ2v) is 6.55. The minimum Gasteiger partial charge on any atom is -0.358 e. The topological polar surface area (TPSA) is 84.7 Å². The molecule has 3 aliphatic rings. The number of carbonyl (C=O) groups excluding carboxylic acids is 2. The molecule has 0 aromatic carbocycles. The molecular weight excluding hydrogens is 286 g/mol. The smallest absolute Gasteiger partial charge is 0.292 e. The van der Waals surface area contributed by atoms with E-state index in [0.29, 0.717) is 19.0 Å². The monoisotopic (exact) mass is 305 g/mol. The first-order valence-electron chi connectivity index (χ1n) is 7.81. The number of nitrogens with one attached hydrogen (secondary N) is 1. The van der Waals surface area contributed by atoms with E-state index >= 15 is 0 Å². The number of amides is 2. The Morgan fingerprint density at radius 2 is 2.18 bits per heavy atom. The number of likely N-dealkylation sites (tertiary alicyclic amines) is 1. The van der Waals surface area contributed by atoms with Crippen molar-refractivity contribution >= 4 is 11.8 Å². The van der Waals surface area contributed by atoms with Gasteiger partial charge in [0.1, 0.15) is 11.7 Å². The molecule has 1 spiro atoms. The summed E-state index contributed by atoms with van der Waals surface area (Å²) in [6, 6.07) is 1.55. The quantitative estimate of drug-likeness (QED) is 0.879. The van der Waals surface area contributed by atoms with Crippen LogP contribution in [0.4, 0.5) is 0 Å². The van der Waals surface area contributed by atoms with E-state index in [1.165, 1.54) is 19.0 Å². The van der Waals surface area contributed by atoms with Gasteiger partial charge in [0, 0.05) is 12.6 Å². The molecule has 4 rings (SSSR count). The standard InChI is InChI=1S/C15H19N3O4/c19-13(16-7-10-1-2-10)11-3-5-15(21-11)8-18(9-15)14(20)12-4-6-17-22-12/h4,6,10-11H,1-3,5,7-9H2,(H,16,19)/t11-/m1/s1. The van der Waals surface area contributed by atoms with Crippen LogP contribution in [0.1, 0.15) is 36.2 Å². The normalized spacial score (nSPS) is 26.0. The summed E-state index contributed by atoms with van der Waals surface area (Å²) in [6.07, 6.45) is 5.05. The Kier molecular flexibility index (Phi) is 3.18. The van der Waals surface area contributed by atoms with Gasteiger partial charge in [0.05, 0.1) is 19.3 Å². The molecule has 7 nitrogen and oxygen atoms in total. The molecule has 0 bridgehead atoms. The minimum absolute atomic E-state index is 0.0104. The first kappa shape index (κ1) is 13.8. The number of carbonyl (C=O) groups is 2. The number of rotatable bonds is 4. The summed E-state index contributed by atoms with van der Waals surface area (Å²) in [7, 11) is 0. The second kappa shape index (κ2) is 5.08. The molecule has 1 N–H and O–H groups in total. The lowest BCUT2D eigenvalue weighted by molar-refractivity contribution is -0.150. The largest absolute Gasteiger partial charge is 0.358 e. The zero-order valence-electron chi connectivity index (χ0n) is 12.3. The predicted octanol–water partition coefficient (Wildman–Crippen LogP) is 0.574. The Bertz CT molecular complexity index is 576. The Morgan fingerprint density at radius 3 is 2.86 bits per heavy atom. The summed E-state index contributed by atoms with van der Waals surface area (Å²) in [4.78, 5) is 25.8. The van der Waals surface area contributed by atoms with Crippen molar-refractivity contribution in [2.45, 2.75) is 37.4 Å².